The number of carbonyl (C=O) groups is 2. The summed E-state index contributed by atoms with van der Waals surface area (Å²) in [6, 6.07) is 9.45. The molecule has 7 nitrogen and oxygen atoms in total. The molecule has 0 saturated carbocycles. The van der Waals surface area contributed by atoms with Crippen LogP contribution in [0.5, 0.6) is 0 Å². The van der Waals surface area contributed by atoms with E-state index in [4.69, 9.17) is 10.3 Å². The minimum absolute atomic E-state index is 0.0370. The first-order valence-corrected chi connectivity index (χ1v) is 8.72. The summed E-state index contributed by atoms with van der Waals surface area (Å²) in [5, 5.41) is 3.89. The predicted octanol–water partition coefficient (Wildman–Crippen LogP) is 1.03. The van der Waals surface area contributed by atoms with Crippen molar-refractivity contribution in [3.05, 3.63) is 52.9 Å². The van der Waals surface area contributed by atoms with E-state index in [1.54, 1.807) is 11.8 Å². The van der Waals surface area contributed by atoms with Gasteiger partial charge in [0.2, 0.25) is 11.8 Å². The van der Waals surface area contributed by atoms with Gasteiger partial charge in [-0.05, 0) is 19.4 Å². The fraction of sp³-hybridized carbons (Fsp3) is 0.421. The zero-order valence-corrected chi connectivity index (χ0v) is 15.1. The SMILES string of the molecule is Cc1noc(C)c1CC(=O)N1CCN(Cc2ccccc2)[C@@H](C(N)=O)C1. The van der Waals surface area contributed by atoms with Crippen molar-refractivity contribution in [1.82, 2.24) is 15.0 Å². The quantitative estimate of drug-likeness (QED) is 0.864. The topological polar surface area (TPSA) is 92.7 Å². The van der Waals surface area contributed by atoms with Crippen molar-refractivity contribution >= 4 is 11.8 Å². The molecule has 3 rings (SSSR count). The van der Waals surface area contributed by atoms with Crippen molar-refractivity contribution in [2.45, 2.75) is 32.9 Å². The van der Waals surface area contributed by atoms with Gasteiger partial charge in [0.25, 0.3) is 0 Å². The molecule has 2 aromatic rings. The summed E-state index contributed by atoms with van der Waals surface area (Å²) in [7, 11) is 0. The maximum atomic E-state index is 12.7. The van der Waals surface area contributed by atoms with E-state index in [0.717, 1.165) is 16.8 Å². The second kappa shape index (κ2) is 7.70. The van der Waals surface area contributed by atoms with Crippen LogP contribution in [0.2, 0.25) is 0 Å². The largest absolute Gasteiger partial charge is 0.368 e. The monoisotopic (exact) mass is 356 g/mol. The van der Waals surface area contributed by atoms with E-state index in [-0.39, 0.29) is 12.3 Å². The lowest BCUT2D eigenvalue weighted by atomic mass is 10.1. The van der Waals surface area contributed by atoms with E-state index in [2.05, 4.69) is 5.16 Å². The van der Waals surface area contributed by atoms with Crippen molar-refractivity contribution in [1.29, 1.82) is 0 Å². The number of hydrogen-bond donors (Lipinski definition) is 1. The van der Waals surface area contributed by atoms with Crippen LogP contribution in [0, 0.1) is 13.8 Å². The Bertz CT molecular complexity index is 768. The van der Waals surface area contributed by atoms with E-state index in [1.165, 1.54) is 0 Å². The Balaban J connectivity index is 1.67. The second-order valence-electron chi connectivity index (χ2n) is 6.69. The Labute approximate surface area is 152 Å². The zero-order valence-electron chi connectivity index (χ0n) is 15.1. The van der Waals surface area contributed by atoms with Crippen LogP contribution < -0.4 is 5.73 Å². The minimum Gasteiger partial charge on any atom is -0.368 e. The maximum Gasteiger partial charge on any atom is 0.236 e. The number of aryl methyl sites for hydroxylation is 2. The smallest absolute Gasteiger partial charge is 0.236 e. The van der Waals surface area contributed by atoms with Crippen molar-refractivity contribution in [2.24, 2.45) is 5.73 Å². The molecule has 1 aliphatic rings. The molecule has 26 heavy (non-hydrogen) atoms. The number of rotatable bonds is 5. The number of aromatic nitrogens is 1. The Morgan fingerprint density at radius 2 is 1.96 bits per heavy atom. The molecule has 2 N–H and O–H groups in total. The number of primary amides is 1. The van der Waals surface area contributed by atoms with E-state index in [9.17, 15) is 9.59 Å². The lowest BCUT2D eigenvalue weighted by Gasteiger charge is -2.40. The summed E-state index contributed by atoms with van der Waals surface area (Å²) >= 11 is 0. The van der Waals surface area contributed by atoms with E-state index >= 15 is 0 Å². The standard InChI is InChI=1S/C19H24N4O3/c1-13-16(14(2)26-21-13)10-18(24)23-9-8-22(17(12-23)19(20)25)11-15-6-4-3-5-7-15/h3-7,17H,8-12H2,1-2H3,(H2,20,25)/t17-/m1/s1. The summed E-state index contributed by atoms with van der Waals surface area (Å²) in [6.45, 7) is 5.75. The summed E-state index contributed by atoms with van der Waals surface area (Å²) in [5.74, 6) is 0.214. The number of amides is 2. The molecule has 138 valence electrons. The Hall–Kier alpha value is -2.67. The van der Waals surface area contributed by atoms with Crippen LogP contribution in [0.15, 0.2) is 34.9 Å². The molecule has 2 heterocycles. The van der Waals surface area contributed by atoms with Crippen molar-refractivity contribution in [2.75, 3.05) is 19.6 Å². The van der Waals surface area contributed by atoms with Crippen molar-refractivity contribution in [3.8, 4) is 0 Å². The number of nitrogens with zero attached hydrogens (tertiary/aromatic N) is 3. The van der Waals surface area contributed by atoms with Gasteiger partial charge >= 0.3 is 0 Å². The van der Waals surface area contributed by atoms with Gasteiger partial charge in [0, 0.05) is 31.7 Å². The third-order valence-electron chi connectivity index (χ3n) is 4.91. The lowest BCUT2D eigenvalue weighted by Crippen LogP contribution is -2.59. The van der Waals surface area contributed by atoms with Crippen LogP contribution in [0.25, 0.3) is 0 Å². The van der Waals surface area contributed by atoms with Gasteiger partial charge in [-0.15, -0.1) is 0 Å². The number of benzene rings is 1. The van der Waals surface area contributed by atoms with E-state index in [1.807, 2.05) is 42.2 Å². The molecule has 7 heteroatoms. The first-order chi connectivity index (χ1) is 12.5. The highest BCUT2D eigenvalue weighted by molar-refractivity contribution is 5.83. The van der Waals surface area contributed by atoms with Gasteiger partial charge in [0.05, 0.1) is 12.1 Å². The van der Waals surface area contributed by atoms with Crippen LogP contribution in [0.3, 0.4) is 0 Å². The van der Waals surface area contributed by atoms with Crippen LogP contribution in [0.1, 0.15) is 22.6 Å². The first-order valence-electron chi connectivity index (χ1n) is 8.72. The number of hydrogen-bond acceptors (Lipinski definition) is 5. The molecule has 2 amide bonds. The zero-order chi connectivity index (χ0) is 18.7. The van der Waals surface area contributed by atoms with Crippen LogP contribution in [-0.2, 0) is 22.6 Å². The van der Waals surface area contributed by atoms with Gasteiger partial charge in [-0.3, -0.25) is 14.5 Å². The van der Waals surface area contributed by atoms with E-state index < -0.39 is 11.9 Å². The van der Waals surface area contributed by atoms with Crippen LogP contribution in [0.4, 0.5) is 0 Å². The summed E-state index contributed by atoms with van der Waals surface area (Å²) in [6.07, 6.45) is 0.228. The van der Waals surface area contributed by atoms with Crippen molar-refractivity contribution < 1.29 is 14.1 Å². The summed E-state index contributed by atoms with van der Waals surface area (Å²) in [4.78, 5) is 28.4. The molecule has 1 saturated heterocycles. The average molecular weight is 356 g/mol. The predicted molar refractivity (Wildman–Crippen MR) is 96.1 cm³/mol. The third-order valence-corrected chi connectivity index (χ3v) is 4.91. The normalized spacial score (nSPS) is 18.1. The van der Waals surface area contributed by atoms with Gasteiger partial charge in [-0.25, -0.2) is 0 Å². The van der Waals surface area contributed by atoms with Gasteiger partial charge in [-0.2, -0.15) is 0 Å². The number of nitrogens with two attached hydrogens (primary N) is 1. The molecular formula is C19H24N4O3. The molecule has 0 spiro atoms. The lowest BCUT2D eigenvalue weighted by molar-refractivity contribution is -0.136. The first kappa shape index (κ1) is 18.1. The Kier molecular flexibility index (Phi) is 5.37. The fourth-order valence-corrected chi connectivity index (χ4v) is 3.34. The highest BCUT2D eigenvalue weighted by Gasteiger charge is 2.33. The maximum absolute atomic E-state index is 12.7. The molecule has 0 unspecified atom stereocenters. The highest BCUT2D eigenvalue weighted by Crippen LogP contribution is 2.18. The highest BCUT2D eigenvalue weighted by atomic mass is 16.5. The van der Waals surface area contributed by atoms with E-state index in [0.29, 0.717) is 31.9 Å². The molecular weight excluding hydrogens is 332 g/mol. The molecule has 0 aliphatic carbocycles. The summed E-state index contributed by atoms with van der Waals surface area (Å²) < 4.78 is 5.12. The molecule has 1 atom stereocenters. The minimum atomic E-state index is -0.488. The molecule has 0 bridgehead atoms. The molecule has 1 aliphatic heterocycles. The van der Waals surface area contributed by atoms with Gasteiger partial charge in [0.1, 0.15) is 11.8 Å². The third kappa shape index (κ3) is 3.94. The average Bonchev–Trinajstić information content (AvgIpc) is 2.94. The van der Waals surface area contributed by atoms with Crippen LogP contribution >= 0.6 is 0 Å². The van der Waals surface area contributed by atoms with Gasteiger partial charge in [-0.1, -0.05) is 35.5 Å². The number of carbonyl (C=O) groups excluding carboxylic acids is 2. The van der Waals surface area contributed by atoms with Gasteiger partial charge < -0.3 is 15.2 Å². The Morgan fingerprint density at radius 1 is 1.23 bits per heavy atom. The molecule has 1 aromatic heterocycles. The Morgan fingerprint density at radius 3 is 2.58 bits per heavy atom. The molecule has 0 radical (unpaired) electrons. The number of piperazine rings is 1. The van der Waals surface area contributed by atoms with Crippen LogP contribution in [-0.4, -0.2) is 52.4 Å². The van der Waals surface area contributed by atoms with Crippen molar-refractivity contribution in [3.63, 3.8) is 0 Å². The molecule has 1 fully saturated rings. The fourth-order valence-electron chi connectivity index (χ4n) is 3.34. The molecule has 1 aromatic carbocycles. The van der Waals surface area contributed by atoms with Gasteiger partial charge in [0.15, 0.2) is 0 Å². The summed E-state index contributed by atoms with van der Waals surface area (Å²) in [5.41, 5.74) is 8.28. The second-order valence-corrected chi connectivity index (χ2v) is 6.69.